The number of phenols is 1. The average Bonchev–Trinajstić information content (AvgIpc) is 2.38. The molecule has 0 aromatic heterocycles. The maximum Gasteiger partial charge on any atom is 0.412 e. The van der Waals surface area contributed by atoms with Crippen molar-refractivity contribution in [2.75, 3.05) is 5.32 Å². The van der Waals surface area contributed by atoms with E-state index in [1.807, 2.05) is 5.32 Å². The van der Waals surface area contributed by atoms with E-state index in [0.29, 0.717) is 0 Å². The lowest BCUT2D eigenvalue weighted by molar-refractivity contribution is -0.146. The molecule has 0 radical (unpaired) electrons. The van der Waals surface area contributed by atoms with E-state index in [1.165, 1.54) is 6.92 Å². The van der Waals surface area contributed by atoms with Gasteiger partial charge in [-0.15, -0.1) is 0 Å². The van der Waals surface area contributed by atoms with Crippen LogP contribution in [-0.2, 0) is 19.6 Å². The summed E-state index contributed by atoms with van der Waals surface area (Å²) in [6.45, 7) is 1.47. The predicted molar refractivity (Wildman–Crippen MR) is 74.7 cm³/mol. The molecule has 1 aromatic carbocycles. The van der Waals surface area contributed by atoms with Crippen LogP contribution in [0.15, 0.2) is 17.0 Å². The van der Waals surface area contributed by atoms with Crippen molar-refractivity contribution in [2.24, 2.45) is 0 Å². The molecule has 0 saturated carbocycles. The molecule has 0 heterocycles. The summed E-state index contributed by atoms with van der Waals surface area (Å²) in [5.41, 5.74) is -0.467. The van der Waals surface area contributed by atoms with Crippen LogP contribution in [0.4, 0.5) is 10.5 Å². The molecule has 0 aliphatic rings. The van der Waals surface area contributed by atoms with E-state index in [1.54, 1.807) is 0 Å². The van der Waals surface area contributed by atoms with Crippen LogP contribution < -0.4 is 5.32 Å². The number of anilines is 1. The number of benzene rings is 1. The molecule has 4 N–H and O–H groups in total. The van der Waals surface area contributed by atoms with Crippen molar-refractivity contribution in [1.29, 1.82) is 0 Å². The summed E-state index contributed by atoms with van der Waals surface area (Å²) in [6, 6.07) is 1.77. The van der Waals surface area contributed by atoms with Crippen LogP contribution in [0.5, 0.6) is 5.75 Å². The highest BCUT2D eigenvalue weighted by Crippen LogP contribution is 2.34. The van der Waals surface area contributed by atoms with Crippen LogP contribution in [0.25, 0.3) is 0 Å². The Labute approximate surface area is 130 Å². The summed E-state index contributed by atoms with van der Waals surface area (Å²) in [4.78, 5) is 21.4. The summed E-state index contributed by atoms with van der Waals surface area (Å²) >= 11 is 5.62. The van der Waals surface area contributed by atoms with Gasteiger partial charge in [0.2, 0.25) is 0 Å². The first-order valence-corrected chi connectivity index (χ1v) is 7.58. The number of ether oxygens (including phenoxy) is 1. The maximum atomic E-state index is 11.5. The smallest absolute Gasteiger partial charge is 0.412 e. The minimum Gasteiger partial charge on any atom is -0.504 e. The molecule has 0 spiro atoms. The van der Waals surface area contributed by atoms with E-state index < -0.39 is 44.6 Å². The van der Waals surface area contributed by atoms with E-state index in [4.69, 9.17) is 21.3 Å². The summed E-state index contributed by atoms with van der Waals surface area (Å²) in [6.07, 6.45) is -2.66. The molecule has 0 aliphatic heterocycles. The molecule has 0 saturated heterocycles. The van der Waals surface area contributed by atoms with Gasteiger partial charge < -0.3 is 14.9 Å². The number of carboxylic acids is 1. The third-order valence-electron chi connectivity index (χ3n) is 2.45. The quantitative estimate of drug-likeness (QED) is 0.461. The van der Waals surface area contributed by atoms with Crippen molar-refractivity contribution in [3.05, 3.63) is 17.2 Å². The van der Waals surface area contributed by atoms with Gasteiger partial charge in [0.1, 0.15) is 4.90 Å². The number of aliphatic carboxylic acids is 1. The second-order valence-electron chi connectivity index (χ2n) is 4.04. The van der Waals surface area contributed by atoms with Crippen molar-refractivity contribution in [3.8, 4) is 5.75 Å². The minimum absolute atomic E-state index is 0.000546. The molecule has 122 valence electrons. The van der Waals surface area contributed by atoms with E-state index in [0.717, 1.165) is 12.1 Å². The molecule has 9 nitrogen and oxygen atoms in total. The molecule has 0 fully saturated rings. The van der Waals surface area contributed by atoms with Gasteiger partial charge in [-0.3, -0.25) is 9.87 Å². The van der Waals surface area contributed by atoms with Gasteiger partial charge in [0, 0.05) is 5.02 Å². The number of hydrogen-bond donors (Lipinski definition) is 4. The van der Waals surface area contributed by atoms with Gasteiger partial charge in [-0.1, -0.05) is 18.5 Å². The van der Waals surface area contributed by atoms with E-state index >= 15 is 0 Å². The normalized spacial score (nSPS) is 12.5. The number of halogens is 1. The molecule has 22 heavy (non-hydrogen) atoms. The van der Waals surface area contributed by atoms with Gasteiger partial charge in [0.15, 0.2) is 11.9 Å². The lowest BCUT2D eigenvalue weighted by Crippen LogP contribution is -2.28. The van der Waals surface area contributed by atoms with Gasteiger partial charge >= 0.3 is 12.1 Å². The molecular formula is C11H12ClNO8S. The molecule has 0 aliphatic carbocycles. The molecule has 1 aromatic rings. The Morgan fingerprint density at radius 2 is 2.00 bits per heavy atom. The SMILES string of the molecule is CCC(OC(=O)Nc1cc(Cl)cc(S(=O)(=O)O)c1O)C(=O)O. The van der Waals surface area contributed by atoms with Gasteiger partial charge in [0.25, 0.3) is 10.1 Å². The number of nitrogens with one attached hydrogen (secondary N) is 1. The number of phenolic OH excluding ortho intramolecular Hbond substituents is 1. The van der Waals surface area contributed by atoms with Crippen LogP contribution in [-0.4, -0.2) is 41.4 Å². The van der Waals surface area contributed by atoms with Crippen molar-refractivity contribution in [1.82, 2.24) is 0 Å². The van der Waals surface area contributed by atoms with Gasteiger partial charge in [0.05, 0.1) is 5.69 Å². The Morgan fingerprint density at radius 1 is 1.41 bits per heavy atom. The van der Waals surface area contributed by atoms with Gasteiger partial charge in [-0.05, 0) is 18.6 Å². The Bertz CT molecular complexity index is 702. The fourth-order valence-corrected chi connectivity index (χ4v) is 2.36. The first-order valence-electron chi connectivity index (χ1n) is 5.76. The van der Waals surface area contributed by atoms with Crippen LogP contribution in [0.2, 0.25) is 5.02 Å². The Balaban J connectivity index is 3.06. The number of carboxylic acid groups (broad SMARTS) is 1. The number of carbonyl (C=O) groups excluding carboxylic acids is 1. The molecule has 1 unspecified atom stereocenters. The minimum atomic E-state index is -4.78. The number of amides is 1. The van der Waals surface area contributed by atoms with Crippen LogP contribution >= 0.6 is 11.6 Å². The fraction of sp³-hybridized carbons (Fsp3) is 0.273. The second-order valence-corrected chi connectivity index (χ2v) is 5.87. The second kappa shape index (κ2) is 6.81. The molecule has 1 atom stereocenters. The zero-order chi connectivity index (χ0) is 17.1. The lowest BCUT2D eigenvalue weighted by Gasteiger charge is -2.14. The number of hydrogen-bond acceptors (Lipinski definition) is 6. The van der Waals surface area contributed by atoms with E-state index in [-0.39, 0.29) is 11.4 Å². The largest absolute Gasteiger partial charge is 0.504 e. The zero-order valence-electron chi connectivity index (χ0n) is 11.1. The van der Waals surface area contributed by atoms with E-state index in [9.17, 15) is 23.1 Å². The number of aromatic hydroxyl groups is 1. The van der Waals surface area contributed by atoms with Gasteiger partial charge in [-0.25, -0.2) is 9.59 Å². The summed E-state index contributed by atoms with van der Waals surface area (Å²) < 4.78 is 35.7. The van der Waals surface area contributed by atoms with Crippen molar-refractivity contribution in [3.63, 3.8) is 0 Å². The third kappa shape index (κ3) is 4.48. The van der Waals surface area contributed by atoms with Crippen LogP contribution in [0, 0.1) is 0 Å². The molecule has 1 amide bonds. The van der Waals surface area contributed by atoms with Crippen molar-refractivity contribution in [2.45, 2.75) is 24.3 Å². The predicted octanol–water partition coefficient (Wildman–Crippen LogP) is 1.70. The van der Waals surface area contributed by atoms with Gasteiger partial charge in [-0.2, -0.15) is 8.42 Å². The summed E-state index contributed by atoms with van der Waals surface area (Å²) in [5.74, 6) is -2.33. The summed E-state index contributed by atoms with van der Waals surface area (Å²) in [7, 11) is -4.78. The fourth-order valence-electron chi connectivity index (χ4n) is 1.44. The number of carbonyl (C=O) groups is 2. The Hall–Kier alpha value is -2.04. The zero-order valence-corrected chi connectivity index (χ0v) is 12.7. The molecule has 1 rings (SSSR count). The molecule has 11 heteroatoms. The standard InChI is InChI=1S/C11H12ClNO8S/c1-2-7(10(15)16)21-11(17)13-6-3-5(12)4-8(9(6)14)22(18,19)20/h3-4,7,14H,2H2,1H3,(H,13,17)(H,15,16)(H,18,19,20). The van der Waals surface area contributed by atoms with Crippen molar-refractivity contribution < 1.29 is 37.5 Å². The van der Waals surface area contributed by atoms with Crippen LogP contribution in [0.3, 0.4) is 0 Å². The third-order valence-corrected chi connectivity index (χ3v) is 3.54. The first kappa shape index (κ1) is 18.0. The Morgan fingerprint density at radius 3 is 2.45 bits per heavy atom. The molecular weight excluding hydrogens is 342 g/mol. The summed E-state index contributed by atoms with van der Waals surface area (Å²) in [5, 5.41) is 20.2. The monoisotopic (exact) mass is 353 g/mol. The number of rotatable bonds is 5. The topological polar surface area (TPSA) is 150 Å². The maximum absolute atomic E-state index is 11.5. The van der Waals surface area contributed by atoms with Crippen molar-refractivity contribution >= 4 is 39.5 Å². The first-order chi connectivity index (χ1) is 10.1. The highest BCUT2D eigenvalue weighted by Gasteiger charge is 2.23. The van der Waals surface area contributed by atoms with Crippen LogP contribution in [0.1, 0.15) is 13.3 Å². The molecule has 0 bridgehead atoms. The average molecular weight is 354 g/mol. The van der Waals surface area contributed by atoms with E-state index in [2.05, 4.69) is 4.74 Å². The highest BCUT2D eigenvalue weighted by atomic mass is 35.5. The Kier molecular flexibility index (Phi) is 5.58. The highest BCUT2D eigenvalue weighted by molar-refractivity contribution is 7.86. The lowest BCUT2D eigenvalue weighted by atomic mass is 10.3.